The summed E-state index contributed by atoms with van der Waals surface area (Å²) in [6.45, 7) is 0.325. The summed E-state index contributed by atoms with van der Waals surface area (Å²) in [4.78, 5) is 34.7. The molecule has 3 unspecified atom stereocenters. The SMILES string of the molecule is COc1ncccc1C(=O)NC(CC1CCCC2CCCC[C@@H]21)C(=O)NCc1ccc(N)nc1. The van der Waals surface area contributed by atoms with Gasteiger partial charge in [0.05, 0.1) is 7.11 Å². The van der Waals surface area contributed by atoms with Gasteiger partial charge in [0.15, 0.2) is 0 Å². The molecule has 2 aliphatic carbocycles. The molecule has 2 heterocycles. The van der Waals surface area contributed by atoms with Gasteiger partial charge in [-0.1, -0.05) is 44.6 Å². The van der Waals surface area contributed by atoms with Crippen molar-refractivity contribution < 1.29 is 14.3 Å². The Hall–Kier alpha value is -3.16. The average Bonchev–Trinajstić information content (AvgIpc) is 2.87. The number of hydrogen-bond donors (Lipinski definition) is 3. The predicted molar refractivity (Wildman–Crippen MR) is 130 cm³/mol. The van der Waals surface area contributed by atoms with Gasteiger partial charge in [-0.25, -0.2) is 9.97 Å². The number of hydrogen-bond acceptors (Lipinski definition) is 6. The number of methoxy groups -OCH3 is 1. The molecule has 2 saturated carbocycles. The van der Waals surface area contributed by atoms with Crippen molar-refractivity contribution in [2.24, 2.45) is 17.8 Å². The molecule has 8 nitrogen and oxygen atoms in total. The highest BCUT2D eigenvalue weighted by Crippen LogP contribution is 2.45. The second kappa shape index (κ2) is 11.3. The molecular weight excluding hydrogens is 430 g/mol. The summed E-state index contributed by atoms with van der Waals surface area (Å²) in [6, 6.07) is 6.26. The van der Waals surface area contributed by atoms with Crippen LogP contribution in [0.15, 0.2) is 36.7 Å². The molecular formula is C26H35N5O3. The van der Waals surface area contributed by atoms with Crippen molar-refractivity contribution >= 4 is 17.6 Å². The fourth-order valence-corrected chi connectivity index (χ4v) is 5.71. The van der Waals surface area contributed by atoms with Crippen LogP contribution in [0.3, 0.4) is 0 Å². The summed E-state index contributed by atoms with van der Waals surface area (Å²) in [6.07, 6.45) is 12.6. The third kappa shape index (κ3) is 5.85. The summed E-state index contributed by atoms with van der Waals surface area (Å²) in [5, 5.41) is 5.97. The molecule has 0 bridgehead atoms. The van der Waals surface area contributed by atoms with E-state index in [1.54, 1.807) is 30.6 Å². The smallest absolute Gasteiger partial charge is 0.257 e. The number of nitrogens with two attached hydrogens (primary N) is 1. The van der Waals surface area contributed by atoms with Gasteiger partial charge in [0.25, 0.3) is 5.91 Å². The minimum Gasteiger partial charge on any atom is -0.480 e. The second-order valence-electron chi connectivity index (χ2n) is 9.53. The Kier molecular flexibility index (Phi) is 7.98. The summed E-state index contributed by atoms with van der Waals surface area (Å²) in [7, 11) is 1.48. The van der Waals surface area contributed by atoms with Crippen LogP contribution in [0, 0.1) is 17.8 Å². The molecule has 2 aliphatic rings. The lowest BCUT2D eigenvalue weighted by molar-refractivity contribution is -0.123. The fourth-order valence-electron chi connectivity index (χ4n) is 5.71. The van der Waals surface area contributed by atoms with Crippen molar-refractivity contribution in [1.29, 1.82) is 0 Å². The second-order valence-corrected chi connectivity index (χ2v) is 9.53. The van der Waals surface area contributed by atoms with Crippen LogP contribution in [-0.4, -0.2) is 34.9 Å². The molecule has 2 aromatic heterocycles. The van der Waals surface area contributed by atoms with Gasteiger partial charge >= 0.3 is 0 Å². The number of carbonyl (C=O) groups is 2. The van der Waals surface area contributed by atoms with E-state index >= 15 is 0 Å². The van der Waals surface area contributed by atoms with E-state index in [9.17, 15) is 9.59 Å². The maximum absolute atomic E-state index is 13.3. The Morgan fingerprint density at radius 2 is 1.94 bits per heavy atom. The third-order valence-corrected chi connectivity index (χ3v) is 7.41. The quantitative estimate of drug-likeness (QED) is 0.549. The monoisotopic (exact) mass is 465 g/mol. The van der Waals surface area contributed by atoms with Gasteiger partial charge in [-0.2, -0.15) is 0 Å². The first-order valence-electron chi connectivity index (χ1n) is 12.3. The van der Waals surface area contributed by atoms with Gasteiger partial charge in [-0.15, -0.1) is 0 Å². The molecule has 0 aromatic carbocycles. The molecule has 2 fully saturated rings. The zero-order valence-corrected chi connectivity index (χ0v) is 19.8. The van der Waals surface area contributed by atoms with Crippen molar-refractivity contribution in [2.45, 2.75) is 64.0 Å². The normalized spacial score (nSPS) is 22.8. The standard InChI is InChI=1S/C26H35N5O3/c1-34-26-21(10-5-13-28-26)24(32)31-22(25(33)30-16-17-11-12-23(27)29-15-17)14-19-8-4-7-18-6-2-3-9-20(18)19/h5,10-13,15,18-20,22H,2-4,6-9,14,16H2,1H3,(H2,27,29)(H,30,33)(H,31,32)/t18?,19?,20-,22?/m0/s1. The van der Waals surface area contributed by atoms with Crippen LogP contribution < -0.4 is 21.1 Å². The molecule has 4 rings (SSSR count). The fraction of sp³-hybridized carbons (Fsp3) is 0.538. The summed E-state index contributed by atoms with van der Waals surface area (Å²) >= 11 is 0. The molecule has 2 amide bonds. The highest BCUT2D eigenvalue weighted by atomic mass is 16.5. The lowest BCUT2D eigenvalue weighted by Crippen LogP contribution is -2.49. The number of amides is 2. The van der Waals surface area contributed by atoms with Crippen LogP contribution in [-0.2, 0) is 11.3 Å². The van der Waals surface area contributed by atoms with E-state index in [2.05, 4.69) is 20.6 Å². The van der Waals surface area contributed by atoms with E-state index in [4.69, 9.17) is 10.5 Å². The topological polar surface area (TPSA) is 119 Å². The van der Waals surface area contributed by atoms with E-state index in [-0.39, 0.29) is 17.7 Å². The maximum atomic E-state index is 13.3. The molecule has 4 N–H and O–H groups in total. The van der Waals surface area contributed by atoms with Crippen molar-refractivity contribution in [3.8, 4) is 5.88 Å². The number of rotatable bonds is 8. The Balaban J connectivity index is 1.49. The Labute approximate surface area is 201 Å². The number of anilines is 1. The van der Waals surface area contributed by atoms with Gasteiger partial charge in [0, 0.05) is 18.9 Å². The van der Waals surface area contributed by atoms with Gasteiger partial charge < -0.3 is 21.1 Å². The van der Waals surface area contributed by atoms with Crippen molar-refractivity contribution in [3.63, 3.8) is 0 Å². The Morgan fingerprint density at radius 1 is 1.12 bits per heavy atom. The highest BCUT2D eigenvalue weighted by Gasteiger charge is 2.37. The van der Waals surface area contributed by atoms with Gasteiger partial charge in [0.2, 0.25) is 11.8 Å². The van der Waals surface area contributed by atoms with Crippen molar-refractivity contribution in [1.82, 2.24) is 20.6 Å². The molecule has 182 valence electrons. The minimum absolute atomic E-state index is 0.189. The first kappa shape index (κ1) is 24.0. The Morgan fingerprint density at radius 3 is 2.74 bits per heavy atom. The number of nitrogens with one attached hydrogen (secondary N) is 2. The van der Waals surface area contributed by atoms with Gasteiger partial charge in [0.1, 0.15) is 17.4 Å². The van der Waals surface area contributed by atoms with Gasteiger partial charge in [-0.05, 0) is 54.4 Å². The highest BCUT2D eigenvalue weighted by molar-refractivity contribution is 5.99. The van der Waals surface area contributed by atoms with E-state index in [0.29, 0.717) is 36.2 Å². The molecule has 0 aliphatic heterocycles. The summed E-state index contributed by atoms with van der Waals surface area (Å²) in [5.41, 5.74) is 6.84. The minimum atomic E-state index is -0.634. The number of ether oxygens (including phenoxy) is 1. The number of nitrogens with zero attached hydrogens (tertiary/aromatic N) is 2. The van der Waals surface area contributed by atoms with Crippen molar-refractivity contribution in [2.75, 3.05) is 12.8 Å². The number of pyridine rings is 2. The third-order valence-electron chi connectivity index (χ3n) is 7.41. The molecule has 0 radical (unpaired) electrons. The summed E-state index contributed by atoms with van der Waals surface area (Å²) < 4.78 is 5.25. The van der Waals surface area contributed by atoms with Gasteiger partial charge in [-0.3, -0.25) is 9.59 Å². The summed E-state index contributed by atoms with van der Waals surface area (Å²) in [5.74, 6) is 1.97. The first-order chi connectivity index (χ1) is 16.5. The number of aromatic nitrogens is 2. The molecule has 2 aromatic rings. The van der Waals surface area contributed by atoms with Crippen LogP contribution in [0.1, 0.15) is 67.3 Å². The van der Waals surface area contributed by atoms with Crippen LogP contribution in [0.2, 0.25) is 0 Å². The van der Waals surface area contributed by atoms with Crippen LogP contribution >= 0.6 is 0 Å². The number of fused-ring (bicyclic) bond motifs is 1. The molecule has 4 atom stereocenters. The van der Waals surface area contributed by atoms with Crippen LogP contribution in [0.25, 0.3) is 0 Å². The lowest BCUT2D eigenvalue weighted by Gasteiger charge is -2.42. The van der Waals surface area contributed by atoms with E-state index in [1.807, 2.05) is 6.07 Å². The average molecular weight is 466 g/mol. The number of nitrogen functional groups attached to an aromatic ring is 1. The van der Waals surface area contributed by atoms with Crippen LogP contribution in [0.5, 0.6) is 5.88 Å². The van der Waals surface area contributed by atoms with Crippen LogP contribution in [0.4, 0.5) is 5.82 Å². The predicted octanol–water partition coefficient (Wildman–Crippen LogP) is 3.48. The molecule has 0 spiro atoms. The molecule has 8 heteroatoms. The number of carbonyl (C=O) groups excluding carboxylic acids is 2. The first-order valence-corrected chi connectivity index (χ1v) is 12.3. The largest absolute Gasteiger partial charge is 0.480 e. The van der Waals surface area contributed by atoms with E-state index in [1.165, 1.54) is 45.6 Å². The van der Waals surface area contributed by atoms with E-state index in [0.717, 1.165) is 17.9 Å². The Bertz CT molecular complexity index is 979. The maximum Gasteiger partial charge on any atom is 0.257 e. The molecule has 34 heavy (non-hydrogen) atoms. The van der Waals surface area contributed by atoms with E-state index < -0.39 is 6.04 Å². The zero-order chi connectivity index (χ0) is 23.9. The van der Waals surface area contributed by atoms with Crippen molar-refractivity contribution in [3.05, 3.63) is 47.8 Å². The zero-order valence-electron chi connectivity index (χ0n) is 19.8. The lowest BCUT2D eigenvalue weighted by atomic mass is 9.64. The molecule has 0 saturated heterocycles.